The quantitative estimate of drug-likeness (QED) is 0.817. The van der Waals surface area contributed by atoms with Crippen molar-refractivity contribution in [3.8, 4) is 0 Å². The lowest BCUT2D eigenvalue weighted by atomic mass is 9.40. The summed E-state index contributed by atoms with van der Waals surface area (Å²) >= 11 is 0. The lowest BCUT2D eigenvalue weighted by Gasteiger charge is -2.65. The molecule has 1 aromatic heterocycles. The minimum Gasteiger partial charge on any atom is -0.340 e. The number of hydrogen-bond donors (Lipinski definition) is 0. The van der Waals surface area contributed by atoms with Gasteiger partial charge in [0.15, 0.2) is 0 Å². The summed E-state index contributed by atoms with van der Waals surface area (Å²) in [4.78, 5) is 22.6. The highest BCUT2D eigenvalue weighted by Gasteiger charge is 2.63. The minimum atomic E-state index is -0.0472. The van der Waals surface area contributed by atoms with Gasteiger partial charge in [-0.3, -0.25) is 14.7 Å². The van der Waals surface area contributed by atoms with Gasteiger partial charge in [-0.05, 0) is 66.9 Å². The van der Waals surface area contributed by atoms with E-state index >= 15 is 0 Å². The Kier molecular flexibility index (Phi) is 3.95. The number of amides is 1. The summed E-state index contributed by atoms with van der Waals surface area (Å²) in [5, 5.41) is 0. The molecule has 4 nitrogen and oxygen atoms in total. The normalized spacial score (nSPS) is 41.1. The number of pyridine rings is 1. The molecule has 2 atom stereocenters. The highest BCUT2D eigenvalue weighted by atomic mass is 16.2. The van der Waals surface area contributed by atoms with E-state index in [0.29, 0.717) is 16.7 Å². The maximum Gasteiger partial charge on any atom is 0.228 e. The standard InChI is InChI=1S/C23H33N3O/c1-21-10-19-11-22(2,15-21)17-23(12-19,16-21)20(27)26-8-6-25(7-9-26)14-18-4-3-5-24-13-18/h3-5,13,19H,6-12,14-17H2,1-2H3. The van der Waals surface area contributed by atoms with E-state index in [2.05, 4.69) is 34.7 Å². The largest absolute Gasteiger partial charge is 0.340 e. The fraction of sp³-hybridized carbons (Fsp3) is 0.739. The van der Waals surface area contributed by atoms with Crippen LogP contribution in [0.1, 0.15) is 57.9 Å². The van der Waals surface area contributed by atoms with Crippen molar-refractivity contribution in [2.24, 2.45) is 22.2 Å². The number of hydrogen-bond acceptors (Lipinski definition) is 3. The number of piperazine rings is 1. The van der Waals surface area contributed by atoms with Crippen LogP contribution >= 0.6 is 0 Å². The Morgan fingerprint density at radius 1 is 1.07 bits per heavy atom. The minimum absolute atomic E-state index is 0.0472. The molecule has 1 amide bonds. The van der Waals surface area contributed by atoms with Crippen molar-refractivity contribution in [3.05, 3.63) is 30.1 Å². The predicted octanol–water partition coefficient (Wildman–Crippen LogP) is 3.72. The lowest BCUT2D eigenvalue weighted by molar-refractivity contribution is -0.180. The Bertz CT molecular complexity index is 706. The van der Waals surface area contributed by atoms with Crippen LogP contribution in [-0.2, 0) is 11.3 Å². The summed E-state index contributed by atoms with van der Waals surface area (Å²) in [6.07, 6.45) is 11.3. The Balaban J connectivity index is 1.26. The van der Waals surface area contributed by atoms with Crippen molar-refractivity contribution in [2.45, 2.75) is 58.9 Å². The molecule has 27 heavy (non-hydrogen) atoms. The molecule has 5 fully saturated rings. The molecule has 146 valence electrons. The number of nitrogens with zero attached hydrogens (tertiary/aromatic N) is 3. The van der Waals surface area contributed by atoms with Gasteiger partial charge in [-0.25, -0.2) is 0 Å². The van der Waals surface area contributed by atoms with E-state index < -0.39 is 0 Å². The first-order chi connectivity index (χ1) is 12.9. The molecule has 2 unspecified atom stereocenters. The Labute approximate surface area is 163 Å². The van der Waals surface area contributed by atoms with Crippen molar-refractivity contribution in [2.75, 3.05) is 26.2 Å². The first-order valence-corrected chi connectivity index (χ1v) is 10.8. The average Bonchev–Trinajstić information content (AvgIpc) is 2.59. The Morgan fingerprint density at radius 2 is 1.78 bits per heavy atom. The van der Waals surface area contributed by atoms with E-state index in [0.717, 1.165) is 57.9 Å². The molecule has 1 aliphatic heterocycles. The van der Waals surface area contributed by atoms with Gasteiger partial charge in [0, 0.05) is 45.1 Å². The zero-order valence-corrected chi connectivity index (χ0v) is 16.9. The average molecular weight is 368 g/mol. The van der Waals surface area contributed by atoms with Gasteiger partial charge < -0.3 is 4.90 Å². The number of carbonyl (C=O) groups is 1. The molecular formula is C23H33N3O. The van der Waals surface area contributed by atoms with Crippen molar-refractivity contribution < 1.29 is 4.79 Å². The summed E-state index contributed by atoms with van der Waals surface area (Å²) in [7, 11) is 0. The molecule has 2 heterocycles. The molecule has 0 spiro atoms. The van der Waals surface area contributed by atoms with E-state index in [4.69, 9.17) is 0 Å². The van der Waals surface area contributed by atoms with Crippen LogP contribution in [-0.4, -0.2) is 46.9 Å². The van der Waals surface area contributed by atoms with Crippen molar-refractivity contribution >= 4 is 5.91 Å². The molecule has 1 saturated heterocycles. The number of aromatic nitrogens is 1. The van der Waals surface area contributed by atoms with Crippen LogP contribution in [0.4, 0.5) is 0 Å². The maximum absolute atomic E-state index is 13.7. The zero-order chi connectivity index (χ0) is 18.7. The predicted molar refractivity (Wildman–Crippen MR) is 106 cm³/mol. The van der Waals surface area contributed by atoms with Gasteiger partial charge >= 0.3 is 0 Å². The maximum atomic E-state index is 13.7. The van der Waals surface area contributed by atoms with Crippen LogP contribution in [0, 0.1) is 22.2 Å². The van der Waals surface area contributed by atoms with Gasteiger partial charge in [0.1, 0.15) is 0 Å². The van der Waals surface area contributed by atoms with E-state index in [1.165, 1.54) is 24.8 Å². The molecule has 4 heteroatoms. The van der Waals surface area contributed by atoms with Crippen molar-refractivity contribution in [1.82, 2.24) is 14.8 Å². The second-order valence-corrected chi connectivity index (χ2v) is 10.8. The van der Waals surface area contributed by atoms with Crippen molar-refractivity contribution in [3.63, 3.8) is 0 Å². The SMILES string of the molecule is CC12CC3CC(C)(C1)CC(C(=O)N1CCN(Cc4cccnc4)CC1)(C3)C2. The summed E-state index contributed by atoms with van der Waals surface area (Å²) in [6.45, 7) is 9.60. The second kappa shape index (κ2) is 6.04. The van der Waals surface area contributed by atoms with E-state index in [9.17, 15) is 4.79 Å². The highest BCUT2D eigenvalue weighted by Crippen LogP contribution is 2.69. The number of carbonyl (C=O) groups excluding carboxylic acids is 1. The van der Waals surface area contributed by atoms with Crippen molar-refractivity contribution in [1.29, 1.82) is 0 Å². The molecule has 1 aromatic rings. The topological polar surface area (TPSA) is 36.4 Å². The third kappa shape index (κ3) is 3.10. The van der Waals surface area contributed by atoms with Gasteiger partial charge in [-0.1, -0.05) is 19.9 Å². The molecule has 6 rings (SSSR count). The number of rotatable bonds is 3. The monoisotopic (exact) mass is 367 g/mol. The van der Waals surface area contributed by atoms with Crippen LogP contribution in [0.5, 0.6) is 0 Å². The summed E-state index contributed by atoms with van der Waals surface area (Å²) < 4.78 is 0. The van der Waals surface area contributed by atoms with E-state index in [1.54, 1.807) is 0 Å². The van der Waals surface area contributed by atoms with Crippen LogP contribution in [0.3, 0.4) is 0 Å². The fourth-order valence-corrected chi connectivity index (χ4v) is 7.88. The van der Waals surface area contributed by atoms with Crippen LogP contribution in [0.15, 0.2) is 24.5 Å². The van der Waals surface area contributed by atoms with Crippen LogP contribution in [0.25, 0.3) is 0 Å². The summed E-state index contributed by atoms with van der Waals surface area (Å²) in [5.41, 5.74) is 2.03. The fourth-order valence-electron chi connectivity index (χ4n) is 7.88. The van der Waals surface area contributed by atoms with E-state index in [1.807, 2.05) is 18.5 Å². The molecule has 5 aliphatic rings. The Hall–Kier alpha value is -1.42. The third-order valence-corrected chi connectivity index (χ3v) is 7.87. The first kappa shape index (κ1) is 17.7. The second-order valence-electron chi connectivity index (χ2n) is 10.8. The van der Waals surface area contributed by atoms with Gasteiger partial charge in [0.25, 0.3) is 0 Å². The van der Waals surface area contributed by atoms with Gasteiger partial charge in [-0.2, -0.15) is 0 Å². The zero-order valence-electron chi connectivity index (χ0n) is 16.9. The molecule has 0 radical (unpaired) electrons. The lowest BCUT2D eigenvalue weighted by Crippen LogP contribution is -2.62. The molecule has 0 N–H and O–H groups in total. The third-order valence-electron chi connectivity index (χ3n) is 7.87. The van der Waals surface area contributed by atoms with Crippen LogP contribution in [0.2, 0.25) is 0 Å². The Morgan fingerprint density at radius 3 is 2.37 bits per heavy atom. The smallest absolute Gasteiger partial charge is 0.228 e. The summed E-state index contributed by atoms with van der Waals surface area (Å²) in [6, 6.07) is 4.14. The van der Waals surface area contributed by atoms with Gasteiger partial charge in [0.2, 0.25) is 5.91 Å². The van der Waals surface area contributed by atoms with Gasteiger partial charge in [0.05, 0.1) is 5.41 Å². The van der Waals surface area contributed by atoms with E-state index in [-0.39, 0.29) is 5.41 Å². The molecule has 0 aromatic carbocycles. The summed E-state index contributed by atoms with van der Waals surface area (Å²) in [5.74, 6) is 1.28. The molecule has 4 saturated carbocycles. The molecule has 4 aliphatic carbocycles. The molecular weight excluding hydrogens is 334 g/mol. The first-order valence-electron chi connectivity index (χ1n) is 10.8. The van der Waals surface area contributed by atoms with Crippen LogP contribution < -0.4 is 0 Å². The van der Waals surface area contributed by atoms with Gasteiger partial charge in [-0.15, -0.1) is 0 Å². The molecule has 4 bridgehead atoms. The highest BCUT2D eigenvalue weighted by molar-refractivity contribution is 5.83.